The van der Waals surface area contributed by atoms with E-state index in [0.717, 1.165) is 51.5 Å². The molecule has 3 heterocycles. The minimum Gasteiger partial charge on any atom is -0.443 e. The van der Waals surface area contributed by atoms with Gasteiger partial charge in [0.2, 0.25) is 17.7 Å². The van der Waals surface area contributed by atoms with Crippen LogP contribution in [0, 0.1) is 5.92 Å². The number of amides is 4. The predicted octanol–water partition coefficient (Wildman–Crippen LogP) is 9.46. The maximum atomic E-state index is 13.9. The Hall–Kier alpha value is -5.68. The molecular formula is C48H58N6O5. The lowest BCUT2D eigenvalue weighted by atomic mass is 9.90. The molecule has 11 heteroatoms. The molecule has 4 aromatic carbocycles. The van der Waals surface area contributed by atoms with Gasteiger partial charge in [-0.2, -0.15) is 0 Å². The summed E-state index contributed by atoms with van der Waals surface area (Å²) < 4.78 is 5.96. The first-order chi connectivity index (χ1) is 28.2. The second-order valence-electron chi connectivity index (χ2n) is 17.2. The molecule has 7 rings (SSSR count). The molecule has 2 N–H and O–H groups in total. The number of para-hydroxylation sites is 2. The van der Waals surface area contributed by atoms with Gasteiger partial charge in [0.25, 0.3) is 0 Å². The molecule has 3 aliphatic heterocycles. The number of ether oxygens (including phenoxy) is 1. The minimum absolute atomic E-state index is 0.00205. The number of rotatable bonds is 10. The fraction of sp³-hybridized carbons (Fsp3) is 0.417. The van der Waals surface area contributed by atoms with Crippen molar-refractivity contribution in [3.63, 3.8) is 0 Å². The second kappa shape index (κ2) is 17.3. The van der Waals surface area contributed by atoms with Crippen LogP contribution in [0.3, 0.4) is 0 Å². The molecule has 0 saturated carbocycles. The summed E-state index contributed by atoms with van der Waals surface area (Å²) in [4.78, 5) is 60.7. The van der Waals surface area contributed by atoms with Crippen molar-refractivity contribution in [1.82, 2.24) is 4.90 Å². The minimum atomic E-state index is -0.692. The van der Waals surface area contributed by atoms with E-state index in [0.29, 0.717) is 38.9 Å². The van der Waals surface area contributed by atoms with Gasteiger partial charge in [-0.1, -0.05) is 62.4 Å². The van der Waals surface area contributed by atoms with E-state index in [-0.39, 0.29) is 47.8 Å². The number of benzene rings is 4. The largest absolute Gasteiger partial charge is 0.443 e. The number of carbonyl (C=O) groups excluding carboxylic acids is 4. The first-order valence-corrected chi connectivity index (χ1v) is 21.1. The van der Waals surface area contributed by atoms with E-state index >= 15 is 0 Å². The third-order valence-corrected chi connectivity index (χ3v) is 11.6. The van der Waals surface area contributed by atoms with Gasteiger partial charge in [0.15, 0.2) is 0 Å². The fourth-order valence-electron chi connectivity index (χ4n) is 8.78. The average molecular weight is 799 g/mol. The standard InChI is InChI=1S/C48H58N6O5/c1-8-44(55)52-31(3)26-40(38-14-10-12-16-41(38)52)49-35-20-22-36(23-21-35)50-46(57)34-29-51(30-34)28-33-18-24-37(25-19-33)54(47(58)59-48(5,6)7)43-27-32(4)53(45(56)9-2)42-17-13-11-15-39(42)43/h10-25,31-32,34,40,43,49H,8-9,26-30H2,1-7H3,(H,50,57)/t31-,32-,40+,43+/m0/s1. The van der Waals surface area contributed by atoms with Crippen molar-refractivity contribution in [2.45, 2.75) is 110 Å². The molecule has 0 unspecified atom stereocenters. The smallest absolute Gasteiger partial charge is 0.415 e. The van der Waals surface area contributed by atoms with Gasteiger partial charge in [0.1, 0.15) is 5.60 Å². The van der Waals surface area contributed by atoms with E-state index in [9.17, 15) is 19.2 Å². The summed E-state index contributed by atoms with van der Waals surface area (Å²) in [6, 6.07) is 31.5. The number of nitrogens with one attached hydrogen (secondary N) is 2. The van der Waals surface area contributed by atoms with E-state index in [1.807, 2.05) is 142 Å². The van der Waals surface area contributed by atoms with Crippen LogP contribution >= 0.6 is 0 Å². The molecule has 0 aliphatic carbocycles. The zero-order chi connectivity index (χ0) is 42.0. The average Bonchev–Trinajstić information content (AvgIpc) is 3.19. The Morgan fingerprint density at radius 2 is 1.25 bits per heavy atom. The first kappa shape index (κ1) is 41.5. The molecule has 0 aromatic heterocycles. The van der Waals surface area contributed by atoms with Crippen LogP contribution in [-0.4, -0.2) is 59.5 Å². The van der Waals surface area contributed by atoms with Gasteiger partial charge in [0, 0.05) is 73.0 Å². The van der Waals surface area contributed by atoms with E-state index in [2.05, 4.69) is 28.5 Å². The van der Waals surface area contributed by atoms with Crippen molar-refractivity contribution < 1.29 is 23.9 Å². The van der Waals surface area contributed by atoms with Gasteiger partial charge in [-0.05, 0) is 113 Å². The number of hydrogen-bond acceptors (Lipinski definition) is 7. The van der Waals surface area contributed by atoms with E-state index in [1.54, 1.807) is 4.90 Å². The fourth-order valence-corrected chi connectivity index (χ4v) is 8.78. The number of likely N-dealkylation sites (tertiary alicyclic amines) is 1. The second-order valence-corrected chi connectivity index (χ2v) is 17.2. The molecular weight excluding hydrogens is 741 g/mol. The van der Waals surface area contributed by atoms with Gasteiger partial charge in [-0.15, -0.1) is 0 Å². The van der Waals surface area contributed by atoms with Crippen molar-refractivity contribution in [1.29, 1.82) is 0 Å². The van der Waals surface area contributed by atoms with Crippen molar-refractivity contribution in [3.05, 3.63) is 114 Å². The van der Waals surface area contributed by atoms with Crippen LogP contribution in [-0.2, 0) is 25.7 Å². The Kier molecular flexibility index (Phi) is 12.1. The molecule has 0 bridgehead atoms. The number of nitrogens with zero attached hydrogens (tertiary/aromatic N) is 4. The Labute approximate surface area is 348 Å². The quantitative estimate of drug-likeness (QED) is 0.164. The monoisotopic (exact) mass is 798 g/mol. The molecule has 0 radical (unpaired) electrons. The normalized spacial score (nSPS) is 20.5. The van der Waals surface area contributed by atoms with Crippen LogP contribution < -0.4 is 25.3 Å². The summed E-state index contributed by atoms with van der Waals surface area (Å²) in [5, 5.41) is 6.76. The molecule has 4 atom stereocenters. The predicted molar refractivity (Wildman–Crippen MR) is 235 cm³/mol. The van der Waals surface area contributed by atoms with Crippen LogP contribution in [0.25, 0.3) is 0 Å². The number of hydrogen-bond donors (Lipinski definition) is 2. The topological polar surface area (TPSA) is 115 Å². The maximum Gasteiger partial charge on any atom is 0.415 e. The highest BCUT2D eigenvalue weighted by Gasteiger charge is 2.40. The first-order valence-electron chi connectivity index (χ1n) is 21.1. The molecule has 1 saturated heterocycles. The van der Waals surface area contributed by atoms with Gasteiger partial charge in [-0.3, -0.25) is 24.2 Å². The van der Waals surface area contributed by atoms with Crippen LogP contribution in [0.1, 0.15) is 103 Å². The summed E-state index contributed by atoms with van der Waals surface area (Å²) in [7, 11) is 0. The van der Waals surface area contributed by atoms with Crippen LogP contribution in [0.4, 0.5) is 33.2 Å². The van der Waals surface area contributed by atoms with Crippen LogP contribution in [0.2, 0.25) is 0 Å². The van der Waals surface area contributed by atoms with Crippen LogP contribution in [0.15, 0.2) is 97.1 Å². The highest BCUT2D eigenvalue weighted by molar-refractivity contribution is 5.97. The van der Waals surface area contributed by atoms with Gasteiger partial charge < -0.3 is 25.2 Å². The van der Waals surface area contributed by atoms with Gasteiger partial charge in [0.05, 0.1) is 18.0 Å². The molecule has 3 aliphatic rings. The summed E-state index contributed by atoms with van der Waals surface area (Å²) in [6.45, 7) is 15.5. The number of carbonyl (C=O) groups is 4. The molecule has 310 valence electrons. The van der Waals surface area contributed by atoms with Crippen molar-refractivity contribution in [2.24, 2.45) is 5.92 Å². The Balaban J connectivity index is 0.958. The Morgan fingerprint density at radius 3 is 1.85 bits per heavy atom. The SMILES string of the molecule is CCC(=O)N1c2ccccc2[C@H](N(C(=O)OC(C)(C)C)c2ccc(CN3CC(C(=O)Nc4ccc(N[C@@H]5C[C@H](C)N(C(=O)CC)c6ccccc65)cc4)C3)cc2)C[C@@H]1C. The molecule has 11 nitrogen and oxygen atoms in total. The lowest BCUT2D eigenvalue weighted by Gasteiger charge is -2.43. The zero-order valence-corrected chi connectivity index (χ0v) is 35.4. The summed E-state index contributed by atoms with van der Waals surface area (Å²) in [5.74, 6) is 0.0765. The highest BCUT2D eigenvalue weighted by atomic mass is 16.6. The van der Waals surface area contributed by atoms with Crippen LogP contribution in [0.5, 0.6) is 0 Å². The van der Waals surface area contributed by atoms with E-state index < -0.39 is 11.7 Å². The summed E-state index contributed by atoms with van der Waals surface area (Å²) in [6.07, 6.45) is 1.80. The highest BCUT2D eigenvalue weighted by Crippen LogP contribution is 2.43. The summed E-state index contributed by atoms with van der Waals surface area (Å²) >= 11 is 0. The third-order valence-electron chi connectivity index (χ3n) is 11.6. The molecule has 0 spiro atoms. The van der Waals surface area contributed by atoms with E-state index in [1.165, 1.54) is 0 Å². The number of anilines is 5. The van der Waals surface area contributed by atoms with Crippen molar-refractivity contribution >= 4 is 52.3 Å². The molecule has 59 heavy (non-hydrogen) atoms. The van der Waals surface area contributed by atoms with Gasteiger partial charge >= 0.3 is 6.09 Å². The van der Waals surface area contributed by atoms with Gasteiger partial charge in [-0.25, -0.2) is 4.79 Å². The number of fused-ring (bicyclic) bond motifs is 2. The van der Waals surface area contributed by atoms with Crippen molar-refractivity contribution in [2.75, 3.05) is 38.4 Å². The van der Waals surface area contributed by atoms with Crippen molar-refractivity contribution in [3.8, 4) is 0 Å². The maximum absolute atomic E-state index is 13.9. The lowest BCUT2D eigenvalue weighted by Crippen LogP contribution is -2.51. The third kappa shape index (κ3) is 9.00. The molecule has 4 aromatic rings. The zero-order valence-electron chi connectivity index (χ0n) is 35.4. The molecule has 4 amide bonds. The summed E-state index contributed by atoms with van der Waals surface area (Å²) in [5.41, 5.74) is 6.63. The van der Waals surface area contributed by atoms with E-state index in [4.69, 9.17) is 4.74 Å². The lowest BCUT2D eigenvalue weighted by molar-refractivity contribution is -0.125. The molecule has 1 fully saturated rings. The Bertz CT molecular complexity index is 2160. The Morgan fingerprint density at radius 1 is 0.712 bits per heavy atom.